The normalized spacial score (nSPS) is 13.0. The molecule has 2 N–H and O–H groups in total. The van der Waals surface area contributed by atoms with E-state index in [-0.39, 0.29) is 6.04 Å². The van der Waals surface area contributed by atoms with Gasteiger partial charge in [-0.05, 0) is 32.6 Å². The van der Waals surface area contributed by atoms with Crippen molar-refractivity contribution in [1.29, 1.82) is 0 Å². The third-order valence-corrected chi connectivity index (χ3v) is 3.69. The van der Waals surface area contributed by atoms with E-state index in [4.69, 9.17) is 15.5 Å². The average Bonchev–Trinajstić information content (AvgIpc) is 2.82. The molecule has 5 nitrogen and oxygen atoms in total. The molecule has 21 heavy (non-hydrogen) atoms. The SMILES string of the molecule is CCCC(N)c1nc2cc(OC)ccc2n1CCN(C)C. The number of hydrogen-bond acceptors (Lipinski definition) is 4. The van der Waals surface area contributed by atoms with Crippen molar-refractivity contribution in [1.82, 2.24) is 14.5 Å². The Morgan fingerprint density at radius 1 is 1.38 bits per heavy atom. The Morgan fingerprint density at radius 2 is 2.14 bits per heavy atom. The number of hydrogen-bond donors (Lipinski definition) is 1. The number of imidazole rings is 1. The number of nitrogens with two attached hydrogens (primary N) is 1. The highest BCUT2D eigenvalue weighted by Crippen LogP contribution is 2.25. The molecule has 0 radical (unpaired) electrons. The highest BCUT2D eigenvalue weighted by Gasteiger charge is 2.17. The molecule has 0 aliphatic heterocycles. The zero-order chi connectivity index (χ0) is 15.4. The van der Waals surface area contributed by atoms with E-state index in [2.05, 4.69) is 36.6 Å². The smallest absolute Gasteiger partial charge is 0.126 e. The quantitative estimate of drug-likeness (QED) is 0.851. The standard InChI is InChI=1S/C16H26N4O/c1-5-6-13(17)16-18-14-11-12(21-4)7-8-15(14)20(16)10-9-19(2)3/h7-8,11,13H,5-6,9-10,17H2,1-4H3. The van der Waals surface area contributed by atoms with Crippen LogP contribution in [0, 0.1) is 0 Å². The molecular weight excluding hydrogens is 264 g/mol. The van der Waals surface area contributed by atoms with Crippen LogP contribution < -0.4 is 10.5 Å². The predicted octanol–water partition coefficient (Wildman–Crippen LogP) is 2.41. The predicted molar refractivity (Wildman–Crippen MR) is 86.7 cm³/mol. The minimum absolute atomic E-state index is 0.0180. The molecule has 0 amide bonds. The first-order valence-corrected chi connectivity index (χ1v) is 7.51. The molecule has 1 unspecified atom stereocenters. The molecular formula is C16H26N4O. The van der Waals surface area contributed by atoms with Crippen molar-refractivity contribution in [2.24, 2.45) is 5.73 Å². The summed E-state index contributed by atoms with van der Waals surface area (Å²) in [6.07, 6.45) is 2.00. The molecule has 0 fully saturated rings. The fourth-order valence-corrected chi connectivity index (χ4v) is 2.51. The zero-order valence-corrected chi connectivity index (χ0v) is 13.5. The van der Waals surface area contributed by atoms with Crippen molar-refractivity contribution in [3.63, 3.8) is 0 Å². The van der Waals surface area contributed by atoms with Crippen LogP contribution in [0.25, 0.3) is 11.0 Å². The average molecular weight is 290 g/mol. The third-order valence-electron chi connectivity index (χ3n) is 3.69. The number of aromatic nitrogens is 2. The van der Waals surface area contributed by atoms with Crippen molar-refractivity contribution in [3.8, 4) is 5.75 Å². The Hall–Kier alpha value is -1.59. The molecule has 2 aromatic rings. The van der Waals surface area contributed by atoms with Crippen molar-refractivity contribution >= 4 is 11.0 Å². The Balaban J connectivity index is 2.45. The Bertz CT molecular complexity index is 591. The molecule has 0 bridgehead atoms. The fourth-order valence-electron chi connectivity index (χ4n) is 2.51. The summed E-state index contributed by atoms with van der Waals surface area (Å²) in [5, 5.41) is 0. The highest BCUT2D eigenvalue weighted by atomic mass is 16.5. The number of methoxy groups -OCH3 is 1. The van der Waals surface area contributed by atoms with Crippen LogP contribution in [-0.2, 0) is 6.54 Å². The van der Waals surface area contributed by atoms with E-state index in [0.717, 1.165) is 48.5 Å². The van der Waals surface area contributed by atoms with Gasteiger partial charge in [0.25, 0.3) is 0 Å². The summed E-state index contributed by atoms with van der Waals surface area (Å²) >= 11 is 0. The second-order valence-corrected chi connectivity index (χ2v) is 5.67. The number of fused-ring (bicyclic) bond motifs is 1. The minimum Gasteiger partial charge on any atom is -0.497 e. The van der Waals surface area contributed by atoms with Crippen molar-refractivity contribution in [2.45, 2.75) is 32.4 Å². The van der Waals surface area contributed by atoms with Crippen LogP contribution in [0.3, 0.4) is 0 Å². The molecule has 0 spiro atoms. The van der Waals surface area contributed by atoms with Gasteiger partial charge in [0.2, 0.25) is 0 Å². The molecule has 2 rings (SSSR count). The first kappa shape index (κ1) is 15.8. The van der Waals surface area contributed by atoms with Gasteiger partial charge < -0.3 is 19.9 Å². The summed E-state index contributed by atoms with van der Waals surface area (Å²) in [5.74, 6) is 1.80. The summed E-state index contributed by atoms with van der Waals surface area (Å²) in [7, 11) is 5.83. The summed E-state index contributed by atoms with van der Waals surface area (Å²) in [6.45, 7) is 4.00. The first-order chi connectivity index (χ1) is 10.1. The first-order valence-electron chi connectivity index (χ1n) is 7.51. The summed E-state index contributed by atoms with van der Waals surface area (Å²) in [6, 6.07) is 6.00. The van der Waals surface area contributed by atoms with E-state index >= 15 is 0 Å². The van der Waals surface area contributed by atoms with Gasteiger partial charge in [-0.2, -0.15) is 0 Å². The summed E-state index contributed by atoms with van der Waals surface area (Å²) < 4.78 is 7.53. The van der Waals surface area contributed by atoms with Gasteiger partial charge in [0.1, 0.15) is 11.6 Å². The van der Waals surface area contributed by atoms with Crippen LogP contribution in [0.2, 0.25) is 0 Å². The second-order valence-electron chi connectivity index (χ2n) is 5.67. The van der Waals surface area contributed by atoms with Gasteiger partial charge in [-0.15, -0.1) is 0 Å². The zero-order valence-electron chi connectivity index (χ0n) is 13.5. The minimum atomic E-state index is -0.0180. The molecule has 0 aliphatic rings. The lowest BCUT2D eigenvalue weighted by atomic mass is 10.1. The largest absolute Gasteiger partial charge is 0.497 e. The van der Waals surface area contributed by atoms with Crippen LogP contribution in [0.15, 0.2) is 18.2 Å². The van der Waals surface area contributed by atoms with Gasteiger partial charge in [-0.1, -0.05) is 13.3 Å². The second kappa shape index (κ2) is 6.91. The molecule has 1 aromatic heterocycles. The van der Waals surface area contributed by atoms with Gasteiger partial charge in [0, 0.05) is 19.2 Å². The third kappa shape index (κ3) is 3.54. The number of nitrogens with zero attached hydrogens (tertiary/aromatic N) is 3. The van der Waals surface area contributed by atoms with Crippen LogP contribution in [-0.4, -0.2) is 42.2 Å². The maximum atomic E-state index is 6.32. The Morgan fingerprint density at radius 3 is 2.76 bits per heavy atom. The molecule has 0 saturated carbocycles. The van der Waals surface area contributed by atoms with E-state index in [9.17, 15) is 0 Å². The van der Waals surface area contributed by atoms with E-state index in [1.807, 2.05) is 12.1 Å². The van der Waals surface area contributed by atoms with Crippen LogP contribution in [0.4, 0.5) is 0 Å². The number of benzene rings is 1. The van der Waals surface area contributed by atoms with Crippen LogP contribution in [0.5, 0.6) is 5.75 Å². The molecule has 1 atom stereocenters. The maximum absolute atomic E-state index is 6.32. The molecule has 116 valence electrons. The van der Waals surface area contributed by atoms with Gasteiger partial charge >= 0.3 is 0 Å². The van der Waals surface area contributed by atoms with E-state index in [0.29, 0.717) is 0 Å². The number of likely N-dealkylation sites (N-methyl/N-ethyl adjacent to an activating group) is 1. The van der Waals surface area contributed by atoms with Crippen molar-refractivity contribution < 1.29 is 4.74 Å². The topological polar surface area (TPSA) is 56.3 Å². The molecule has 5 heteroatoms. The lowest BCUT2D eigenvalue weighted by Crippen LogP contribution is -2.22. The van der Waals surface area contributed by atoms with Gasteiger partial charge in [0.15, 0.2) is 0 Å². The van der Waals surface area contributed by atoms with E-state index < -0.39 is 0 Å². The van der Waals surface area contributed by atoms with Crippen molar-refractivity contribution in [3.05, 3.63) is 24.0 Å². The Kier molecular flexibility index (Phi) is 5.20. The molecule has 1 aromatic carbocycles. The van der Waals surface area contributed by atoms with Gasteiger partial charge in [0.05, 0.1) is 24.2 Å². The lowest BCUT2D eigenvalue weighted by Gasteiger charge is -2.16. The van der Waals surface area contributed by atoms with Gasteiger partial charge in [-0.3, -0.25) is 0 Å². The van der Waals surface area contributed by atoms with Crippen LogP contribution >= 0.6 is 0 Å². The molecule has 1 heterocycles. The van der Waals surface area contributed by atoms with E-state index in [1.54, 1.807) is 7.11 Å². The number of ether oxygens (including phenoxy) is 1. The fraction of sp³-hybridized carbons (Fsp3) is 0.562. The summed E-state index contributed by atoms with van der Waals surface area (Å²) in [4.78, 5) is 6.93. The lowest BCUT2D eigenvalue weighted by molar-refractivity contribution is 0.379. The van der Waals surface area contributed by atoms with Crippen molar-refractivity contribution in [2.75, 3.05) is 27.7 Å². The Labute approximate surface area is 126 Å². The highest BCUT2D eigenvalue weighted by molar-refractivity contribution is 5.78. The number of rotatable bonds is 7. The monoisotopic (exact) mass is 290 g/mol. The molecule has 0 saturated heterocycles. The maximum Gasteiger partial charge on any atom is 0.126 e. The van der Waals surface area contributed by atoms with E-state index in [1.165, 1.54) is 0 Å². The summed E-state index contributed by atoms with van der Waals surface area (Å²) in [5.41, 5.74) is 8.40. The van der Waals surface area contributed by atoms with Crippen LogP contribution in [0.1, 0.15) is 31.6 Å². The molecule has 0 aliphatic carbocycles. The van der Waals surface area contributed by atoms with Gasteiger partial charge in [-0.25, -0.2) is 4.98 Å².